The van der Waals surface area contributed by atoms with Gasteiger partial charge in [0.15, 0.2) is 0 Å². The second kappa shape index (κ2) is 7.04. The third kappa shape index (κ3) is 4.06. The average Bonchev–Trinajstić information content (AvgIpc) is 2.48. The Balaban J connectivity index is 1.77. The van der Waals surface area contributed by atoms with E-state index in [4.69, 9.17) is 4.74 Å². The molecule has 7 nitrogen and oxygen atoms in total. The van der Waals surface area contributed by atoms with Gasteiger partial charge in [-0.25, -0.2) is 4.98 Å². The highest BCUT2D eigenvalue weighted by Gasteiger charge is 2.16. The third-order valence-electron chi connectivity index (χ3n) is 3.05. The van der Waals surface area contributed by atoms with Gasteiger partial charge in [0.1, 0.15) is 5.82 Å². The number of rotatable bonds is 5. The molecule has 7 heteroatoms. The predicted octanol–water partition coefficient (Wildman–Crippen LogP) is 0.203. The van der Waals surface area contributed by atoms with Crippen LogP contribution in [0.5, 0.6) is 0 Å². The number of nitrogens with zero attached hydrogens (tertiary/aromatic N) is 4. The number of aromatic nitrogens is 2. The predicted molar refractivity (Wildman–Crippen MR) is 76.9 cm³/mol. The van der Waals surface area contributed by atoms with E-state index in [9.17, 15) is 4.79 Å². The topological polar surface area (TPSA) is 70.6 Å². The first kappa shape index (κ1) is 14.5. The number of carbonyl (C=O) groups excluding carboxylic acids is 1. The van der Waals surface area contributed by atoms with E-state index in [1.165, 1.54) is 0 Å². The van der Waals surface area contributed by atoms with Crippen molar-refractivity contribution in [3.8, 4) is 0 Å². The van der Waals surface area contributed by atoms with Crippen LogP contribution < -0.4 is 10.2 Å². The molecule has 0 aliphatic carbocycles. The van der Waals surface area contributed by atoms with Gasteiger partial charge in [-0.15, -0.1) is 0 Å². The maximum absolute atomic E-state index is 12.0. The summed E-state index contributed by atoms with van der Waals surface area (Å²) in [6.07, 6.45) is 2.16. The van der Waals surface area contributed by atoms with Crippen molar-refractivity contribution >= 4 is 17.7 Å². The van der Waals surface area contributed by atoms with Gasteiger partial charge in [0.25, 0.3) is 0 Å². The third-order valence-corrected chi connectivity index (χ3v) is 3.05. The van der Waals surface area contributed by atoms with Gasteiger partial charge < -0.3 is 19.9 Å². The fraction of sp³-hybridized carbons (Fsp3) is 0.615. The molecule has 2 heterocycles. The van der Waals surface area contributed by atoms with Crippen LogP contribution >= 0.6 is 0 Å². The van der Waals surface area contributed by atoms with Crippen LogP contribution in [0.1, 0.15) is 6.42 Å². The van der Waals surface area contributed by atoms with Crippen LogP contribution in [-0.2, 0) is 9.53 Å². The second-order valence-corrected chi connectivity index (χ2v) is 4.81. The maximum atomic E-state index is 12.0. The van der Waals surface area contributed by atoms with E-state index in [0.29, 0.717) is 45.2 Å². The molecule has 1 aliphatic rings. The van der Waals surface area contributed by atoms with E-state index in [2.05, 4.69) is 15.3 Å². The molecule has 0 aromatic carbocycles. The monoisotopic (exact) mass is 279 g/mol. The number of nitrogens with one attached hydrogen (secondary N) is 1. The molecule has 0 spiro atoms. The van der Waals surface area contributed by atoms with Gasteiger partial charge in [0, 0.05) is 46.3 Å². The Morgan fingerprint density at radius 3 is 2.90 bits per heavy atom. The summed E-state index contributed by atoms with van der Waals surface area (Å²) < 4.78 is 5.23. The lowest BCUT2D eigenvalue weighted by atomic mass is 10.3. The zero-order valence-corrected chi connectivity index (χ0v) is 12.0. The van der Waals surface area contributed by atoms with Crippen LogP contribution in [0.15, 0.2) is 12.3 Å². The minimum absolute atomic E-state index is 0.155. The Labute approximate surface area is 118 Å². The molecule has 0 bridgehead atoms. The molecule has 1 fully saturated rings. The molecule has 0 unspecified atom stereocenters. The molecule has 1 aromatic rings. The normalized spacial score (nSPS) is 15.0. The lowest BCUT2D eigenvalue weighted by Crippen LogP contribution is -2.41. The first-order valence-electron chi connectivity index (χ1n) is 6.76. The minimum Gasteiger partial charge on any atom is -0.378 e. The van der Waals surface area contributed by atoms with Crippen molar-refractivity contribution in [2.24, 2.45) is 0 Å². The van der Waals surface area contributed by atoms with E-state index in [1.807, 2.05) is 23.9 Å². The zero-order chi connectivity index (χ0) is 14.4. The largest absolute Gasteiger partial charge is 0.378 e. The fourth-order valence-corrected chi connectivity index (χ4v) is 1.93. The first-order chi connectivity index (χ1) is 9.66. The molecule has 1 aromatic heterocycles. The molecule has 1 amide bonds. The number of carbonyl (C=O) groups is 1. The summed E-state index contributed by atoms with van der Waals surface area (Å²) in [6, 6.07) is 1.80. The quantitative estimate of drug-likeness (QED) is 0.830. The number of morpholine rings is 1. The summed E-state index contributed by atoms with van der Waals surface area (Å²) in [5, 5.41) is 3.15. The Morgan fingerprint density at radius 1 is 1.45 bits per heavy atom. The minimum atomic E-state index is 0.155. The van der Waals surface area contributed by atoms with Crippen molar-refractivity contribution in [3.05, 3.63) is 12.3 Å². The van der Waals surface area contributed by atoms with Crippen LogP contribution in [0.4, 0.5) is 11.8 Å². The van der Waals surface area contributed by atoms with Crippen LogP contribution in [-0.4, -0.2) is 67.7 Å². The number of ether oxygens (including phenoxy) is 1. The van der Waals surface area contributed by atoms with E-state index < -0.39 is 0 Å². The summed E-state index contributed by atoms with van der Waals surface area (Å²) in [5.41, 5.74) is 0. The Bertz CT molecular complexity index is 446. The Morgan fingerprint density at radius 2 is 2.20 bits per heavy atom. The standard InChI is InChI=1S/C13H21N5O2/c1-17(2)13-15-5-3-11(16-13)14-6-4-12(19)18-7-9-20-10-8-18/h3,5H,4,6-10H2,1-2H3,(H,14,15,16). The van der Waals surface area contributed by atoms with Gasteiger partial charge in [0.2, 0.25) is 11.9 Å². The Kier molecular flexibility index (Phi) is 5.11. The van der Waals surface area contributed by atoms with Gasteiger partial charge in [-0.05, 0) is 6.07 Å². The molecule has 1 saturated heterocycles. The van der Waals surface area contributed by atoms with Gasteiger partial charge in [-0.3, -0.25) is 4.79 Å². The lowest BCUT2D eigenvalue weighted by Gasteiger charge is -2.26. The molecular weight excluding hydrogens is 258 g/mol. The smallest absolute Gasteiger partial charge is 0.226 e. The van der Waals surface area contributed by atoms with Gasteiger partial charge in [0.05, 0.1) is 13.2 Å². The second-order valence-electron chi connectivity index (χ2n) is 4.81. The molecule has 1 aliphatic heterocycles. The van der Waals surface area contributed by atoms with Crippen molar-refractivity contribution in [3.63, 3.8) is 0 Å². The number of hydrogen-bond donors (Lipinski definition) is 1. The SMILES string of the molecule is CN(C)c1nccc(NCCC(=O)N2CCOCC2)n1. The number of amides is 1. The molecule has 0 saturated carbocycles. The van der Waals surface area contributed by atoms with Crippen LogP contribution in [0.3, 0.4) is 0 Å². The highest BCUT2D eigenvalue weighted by Crippen LogP contribution is 2.08. The van der Waals surface area contributed by atoms with Crippen molar-refractivity contribution in [2.45, 2.75) is 6.42 Å². The van der Waals surface area contributed by atoms with E-state index >= 15 is 0 Å². The van der Waals surface area contributed by atoms with Crippen molar-refractivity contribution < 1.29 is 9.53 Å². The summed E-state index contributed by atoms with van der Waals surface area (Å²) in [5.74, 6) is 1.54. The highest BCUT2D eigenvalue weighted by molar-refractivity contribution is 5.76. The van der Waals surface area contributed by atoms with E-state index in [1.54, 1.807) is 12.3 Å². The number of anilines is 2. The summed E-state index contributed by atoms with van der Waals surface area (Å²) in [4.78, 5) is 24.1. The molecule has 2 rings (SSSR count). The molecular formula is C13H21N5O2. The number of hydrogen-bond acceptors (Lipinski definition) is 6. The first-order valence-corrected chi connectivity index (χ1v) is 6.76. The van der Waals surface area contributed by atoms with Crippen LogP contribution in [0, 0.1) is 0 Å². The molecule has 1 N–H and O–H groups in total. The van der Waals surface area contributed by atoms with E-state index in [-0.39, 0.29) is 5.91 Å². The lowest BCUT2D eigenvalue weighted by molar-refractivity contribution is -0.134. The summed E-state index contributed by atoms with van der Waals surface area (Å²) in [7, 11) is 3.78. The molecule has 110 valence electrons. The van der Waals surface area contributed by atoms with Gasteiger partial charge >= 0.3 is 0 Å². The van der Waals surface area contributed by atoms with Crippen molar-refractivity contribution in [1.82, 2.24) is 14.9 Å². The fourth-order valence-electron chi connectivity index (χ4n) is 1.93. The van der Waals surface area contributed by atoms with E-state index in [0.717, 1.165) is 5.82 Å². The van der Waals surface area contributed by atoms with Crippen LogP contribution in [0.25, 0.3) is 0 Å². The van der Waals surface area contributed by atoms with Gasteiger partial charge in [-0.2, -0.15) is 4.98 Å². The average molecular weight is 279 g/mol. The van der Waals surface area contributed by atoms with Crippen LogP contribution in [0.2, 0.25) is 0 Å². The Hall–Kier alpha value is -1.89. The summed E-state index contributed by atoms with van der Waals surface area (Å²) >= 11 is 0. The molecule has 20 heavy (non-hydrogen) atoms. The highest BCUT2D eigenvalue weighted by atomic mass is 16.5. The van der Waals surface area contributed by atoms with Crippen molar-refractivity contribution in [1.29, 1.82) is 0 Å². The summed E-state index contributed by atoms with van der Waals surface area (Å²) in [6.45, 7) is 3.23. The molecule has 0 radical (unpaired) electrons. The van der Waals surface area contributed by atoms with Gasteiger partial charge in [-0.1, -0.05) is 0 Å². The van der Waals surface area contributed by atoms with Crippen molar-refractivity contribution in [2.75, 3.05) is 57.2 Å². The molecule has 0 atom stereocenters. The zero-order valence-electron chi connectivity index (χ0n) is 12.0. The maximum Gasteiger partial charge on any atom is 0.226 e.